The summed E-state index contributed by atoms with van der Waals surface area (Å²) in [6.45, 7) is 4.26. The minimum Gasteiger partial charge on any atom is -0.396 e. The first-order valence-corrected chi connectivity index (χ1v) is 12.0. The van der Waals surface area contributed by atoms with Crippen LogP contribution >= 0.6 is 0 Å². The molecule has 0 aromatic heterocycles. The maximum atomic E-state index is 11.1. The molecule has 1 aliphatic carbocycles. The molecule has 3 aromatic carbocycles. The van der Waals surface area contributed by atoms with Gasteiger partial charge in [0.1, 0.15) is 0 Å². The lowest BCUT2D eigenvalue weighted by atomic mass is 9.82. The second kappa shape index (κ2) is 11.4. The van der Waals surface area contributed by atoms with Crippen molar-refractivity contribution in [3.63, 3.8) is 0 Å². The maximum Gasteiger partial charge on any atom is 0.169 e. The summed E-state index contributed by atoms with van der Waals surface area (Å²) in [4.78, 5) is 2.27. The van der Waals surface area contributed by atoms with Crippen LogP contribution in [0.15, 0.2) is 116 Å². The summed E-state index contributed by atoms with van der Waals surface area (Å²) < 4.78 is 5.46. The Balaban J connectivity index is 2.02. The van der Waals surface area contributed by atoms with E-state index in [0.717, 1.165) is 27.8 Å². The summed E-state index contributed by atoms with van der Waals surface area (Å²) in [5.74, 6) is 0. The van der Waals surface area contributed by atoms with Crippen LogP contribution in [0.1, 0.15) is 23.1 Å². The molecule has 0 amide bonds. The third-order valence-corrected chi connectivity index (χ3v) is 6.71. The van der Waals surface area contributed by atoms with Gasteiger partial charge in [0.2, 0.25) is 0 Å². The van der Waals surface area contributed by atoms with E-state index in [1.807, 2.05) is 36.4 Å². The summed E-state index contributed by atoms with van der Waals surface area (Å²) in [7, 11) is 1.50. The van der Waals surface area contributed by atoms with Gasteiger partial charge >= 0.3 is 0 Å². The zero-order valence-electron chi connectivity index (χ0n) is 20.1. The fraction of sp³-hybridized carbons (Fsp3) is 0.226. The quantitative estimate of drug-likeness (QED) is 0.292. The van der Waals surface area contributed by atoms with Crippen LogP contribution in [0.2, 0.25) is 0 Å². The van der Waals surface area contributed by atoms with Crippen molar-refractivity contribution in [1.29, 1.82) is 0 Å². The molecule has 0 radical (unpaired) electrons. The second-order valence-electron chi connectivity index (χ2n) is 8.66. The van der Waals surface area contributed by atoms with Crippen LogP contribution < -0.4 is 0 Å². The number of aliphatic hydroxyl groups is 2. The smallest absolute Gasteiger partial charge is 0.169 e. The van der Waals surface area contributed by atoms with E-state index < -0.39 is 17.9 Å². The van der Waals surface area contributed by atoms with Gasteiger partial charge in [0, 0.05) is 20.3 Å². The Morgan fingerprint density at radius 3 is 2.06 bits per heavy atom. The van der Waals surface area contributed by atoms with Crippen molar-refractivity contribution < 1.29 is 14.9 Å². The molecule has 4 heteroatoms. The molecular formula is C31H33NO3. The summed E-state index contributed by atoms with van der Waals surface area (Å²) in [5.41, 5.74) is 4.99. The molecular weight excluding hydrogens is 434 g/mol. The zero-order chi connectivity index (χ0) is 24.7. The number of methoxy groups -OCH3 is 1. The molecule has 4 nitrogen and oxygen atoms in total. The zero-order valence-corrected chi connectivity index (χ0v) is 20.1. The summed E-state index contributed by atoms with van der Waals surface area (Å²) in [5, 5.41) is 21.1. The lowest BCUT2D eigenvalue weighted by Crippen LogP contribution is -2.54. The SMILES string of the molecule is C=CC=CC=CC1(N(Cc2ccccc2)[C@@H](CCO)C(O)OC)c2ccccc2-c2ccccc21. The first-order valence-electron chi connectivity index (χ1n) is 12.0. The fourth-order valence-corrected chi connectivity index (χ4v) is 5.19. The Hall–Kier alpha value is -3.28. The molecule has 4 rings (SSSR count). The van der Waals surface area contributed by atoms with E-state index >= 15 is 0 Å². The highest BCUT2D eigenvalue weighted by molar-refractivity contribution is 5.82. The predicted octanol–water partition coefficient (Wildman–Crippen LogP) is 5.43. The van der Waals surface area contributed by atoms with Crippen molar-refractivity contribution in [2.45, 2.75) is 30.8 Å². The Labute approximate surface area is 208 Å². The highest BCUT2D eigenvalue weighted by Crippen LogP contribution is 2.53. The number of fused-ring (bicyclic) bond motifs is 3. The standard InChI is InChI=1S/C31H33NO3/c1-3-4-5-13-21-31(27-18-11-9-16-25(27)26-17-10-12-19-28(26)31)32(23-24-14-7-6-8-15-24)29(20-22-33)30(34)35-2/h3-19,21,29-30,33-34H,1,20,22-23H2,2H3/t29-,30?/m0/s1. The van der Waals surface area contributed by atoms with E-state index in [-0.39, 0.29) is 6.61 Å². The molecule has 2 N–H and O–H groups in total. The molecule has 0 heterocycles. The largest absolute Gasteiger partial charge is 0.396 e. The van der Waals surface area contributed by atoms with E-state index in [1.54, 1.807) is 6.08 Å². The molecule has 35 heavy (non-hydrogen) atoms. The van der Waals surface area contributed by atoms with Gasteiger partial charge in [-0.2, -0.15) is 0 Å². The average Bonchev–Trinajstić information content (AvgIpc) is 3.19. The molecule has 1 aliphatic rings. The number of ether oxygens (including phenoxy) is 1. The fourth-order valence-electron chi connectivity index (χ4n) is 5.19. The molecule has 1 unspecified atom stereocenters. The van der Waals surface area contributed by atoms with Crippen LogP contribution in [-0.4, -0.2) is 41.2 Å². The van der Waals surface area contributed by atoms with E-state index in [0.29, 0.717) is 13.0 Å². The third-order valence-electron chi connectivity index (χ3n) is 6.71. The van der Waals surface area contributed by atoms with Gasteiger partial charge in [0.15, 0.2) is 6.29 Å². The average molecular weight is 468 g/mol. The highest BCUT2D eigenvalue weighted by atomic mass is 16.6. The number of benzene rings is 3. The van der Waals surface area contributed by atoms with Gasteiger partial charge in [-0.3, -0.25) is 4.90 Å². The van der Waals surface area contributed by atoms with E-state index in [1.165, 1.54) is 7.11 Å². The number of hydrogen-bond acceptors (Lipinski definition) is 4. The van der Waals surface area contributed by atoms with Gasteiger partial charge in [-0.1, -0.05) is 116 Å². The van der Waals surface area contributed by atoms with Crippen LogP contribution in [0.4, 0.5) is 0 Å². The minimum absolute atomic E-state index is 0.0736. The van der Waals surface area contributed by atoms with Crippen molar-refractivity contribution in [3.8, 4) is 11.1 Å². The second-order valence-corrected chi connectivity index (χ2v) is 8.66. The van der Waals surface area contributed by atoms with Crippen LogP contribution in [0.3, 0.4) is 0 Å². The minimum atomic E-state index is -1.08. The van der Waals surface area contributed by atoms with E-state index in [2.05, 4.69) is 78.2 Å². The normalized spacial score (nSPS) is 15.9. The monoisotopic (exact) mass is 467 g/mol. The molecule has 2 atom stereocenters. The Morgan fingerprint density at radius 1 is 0.886 bits per heavy atom. The summed E-state index contributed by atoms with van der Waals surface area (Å²) >= 11 is 0. The Morgan fingerprint density at radius 2 is 1.49 bits per heavy atom. The van der Waals surface area contributed by atoms with E-state index in [4.69, 9.17) is 4.74 Å². The van der Waals surface area contributed by atoms with Crippen LogP contribution in [0.25, 0.3) is 11.1 Å². The van der Waals surface area contributed by atoms with Crippen LogP contribution in [-0.2, 0) is 16.8 Å². The highest BCUT2D eigenvalue weighted by Gasteiger charge is 2.49. The molecule has 180 valence electrons. The molecule has 0 saturated carbocycles. The van der Waals surface area contributed by atoms with Gasteiger partial charge in [0.05, 0.1) is 11.6 Å². The van der Waals surface area contributed by atoms with Crippen molar-refractivity contribution in [3.05, 3.63) is 133 Å². The molecule has 0 saturated heterocycles. The van der Waals surface area contributed by atoms with Crippen molar-refractivity contribution >= 4 is 0 Å². The number of nitrogens with zero attached hydrogens (tertiary/aromatic N) is 1. The first-order chi connectivity index (χ1) is 17.2. The van der Waals surface area contributed by atoms with Crippen LogP contribution in [0.5, 0.6) is 0 Å². The van der Waals surface area contributed by atoms with Crippen molar-refractivity contribution in [2.24, 2.45) is 0 Å². The number of hydrogen-bond donors (Lipinski definition) is 2. The lowest BCUT2D eigenvalue weighted by molar-refractivity contribution is -0.143. The topological polar surface area (TPSA) is 52.9 Å². The molecule has 3 aromatic rings. The van der Waals surface area contributed by atoms with E-state index in [9.17, 15) is 10.2 Å². The Kier molecular flexibility index (Phi) is 8.11. The third kappa shape index (κ3) is 4.79. The molecule has 0 aliphatic heterocycles. The molecule has 0 bridgehead atoms. The van der Waals surface area contributed by atoms with Crippen molar-refractivity contribution in [1.82, 2.24) is 4.90 Å². The Bertz CT molecular complexity index is 1140. The summed E-state index contributed by atoms with van der Waals surface area (Å²) in [6, 6.07) is 26.6. The molecule has 0 fully saturated rings. The predicted molar refractivity (Wildman–Crippen MR) is 142 cm³/mol. The van der Waals surface area contributed by atoms with Gasteiger partial charge in [-0.05, 0) is 34.2 Å². The van der Waals surface area contributed by atoms with Crippen LogP contribution in [0, 0.1) is 0 Å². The summed E-state index contributed by atoms with van der Waals surface area (Å²) in [6.07, 6.45) is 9.10. The number of aliphatic hydroxyl groups excluding tert-OH is 2. The van der Waals surface area contributed by atoms with Gasteiger partial charge < -0.3 is 14.9 Å². The van der Waals surface area contributed by atoms with Gasteiger partial charge in [-0.15, -0.1) is 0 Å². The number of allylic oxidation sites excluding steroid dienone is 4. The lowest BCUT2D eigenvalue weighted by Gasteiger charge is -2.46. The first kappa shape index (κ1) is 24.8. The number of rotatable bonds is 11. The van der Waals surface area contributed by atoms with Gasteiger partial charge in [-0.25, -0.2) is 0 Å². The maximum absolute atomic E-state index is 11.1. The van der Waals surface area contributed by atoms with Gasteiger partial charge in [0.25, 0.3) is 0 Å². The van der Waals surface area contributed by atoms with Crippen molar-refractivity contribution in [2.75, 3.05) is 13.7 Å². The molecule has 0 spiro atoms.